The van der Waals surface area contributed by atoms with Crippen molar-refractivity contribution in [2.24, 2.45) is 0 Å². The fourth-order valence-electron chi connectivity index (χ4n) is 2.15. The lowest BCUT2D eigenvalue weighted by molar-refractivity contribution is 0.213. The molecular weight excluding hydrogens is 276 g/mol. The van der Waals surface area contributed by atoms with Crippen molar-refractivity contribution < 1.29 is 13.5 Å². The lowest BCUT2D eigenvalue weighted by Gasteiger charge is -2.23. The molecule has 0 saturated carbocycles. The van der Waals surface area contributed by atoms with Gasteiger partial charge in [-0.05, 0) is 31.0 Å². The van der Waals surface area contributed by atoms with Crippen molar-refractivity contribution in [3.05, 3.63) is 23.2 Å². The van der Waals surface area contributed by atoms with Gasteiger partial charge in [0.05, 0.1) is 11.6 Å². The molecule has 1 aliphatic rings. The number of halogens is 1. The number of hydrogen-bond donors (Lipinski definition) is 2. The molecule has 2 rings (SSSR count). The van der Waals surface area contributed by atoms with Gasteiger partial charge in [-0.2, -0.15) is 4.31 Å². The Kier molecular flexibility index (Phi) is 3.82. The second-order valence-electron chi connectivity index (χ2n) is 4.28. The maximum absolute atomic E-state index is 12.5. The summed E-state index contributed by atoms with van der Waals surface area (Å²) in [6, 6.07) is 4.00. The van der Waals surface area contributed by atoms with Crippen LogP contribution in [0.4, 0.5) is 5.69 Å². The van der Waals surface area contributed by atoms with Crippen molar-refractivity contribution in [2.75, 3.05) is 18.9 Å². The Morgan fingerprint density at radius 3 is 2.89 bits per heavy atom. The molecule has 1 atom stereocenters. The fraction of sp³-hybridized carbons (Fsp3) is 0.455. The van der Waals surface area contributed by atoms with Gasteiger partial charge in [0, 0.05) is 18.3 Å². The van der Waals surface area contributed by atoms with Crippen LogP contribution >= 0.6 is 11.6 Å². The molecule has 7 heteroatoms. The van der Waals surface area contributed by atoms with Crippen molar-refractivity contribution >= 4 is 27.3 Å². The number of hydrogen-bond acceptors (Lipinski definition) is 4. The monoisotopic (exact) mass is 290 g/mol. The number of benzene rings is 1. The lowest BCUT2D eigenvalue weighted by Crippen LogP contribution is -2.37. The quantitative estimate of drug-likeness (QED) is 0.816. The van der Waals surface area contributed by atoms with Crippen LogP contribution in [0.2, 0.25) is 5.02 Å². The van der Waals surface area contributed by atoms with Crippen LogP contribution in [-0.2, 0) is 10.0 Å². The summed E-state index contributed by atoms with van der Waals surface area (Å²) in [6.45, 7) is 0.220. The van der Waals surface area contributed by atoms with Crippen LogP contribution in [0.5, 0.6) is 0 Å². The van der Waals surface area contributed by atoms with Crippen LogP contribution in [-0.4, -0.2) is 37.0 Å². The van der Waals surface area contributed by atoms with E-state index in [0.717, 1.165) is 6.42 Å². The maximum atomic E-state index is 12.5. The first-order valence-corrected chi connectivity index (χ1v) is 7.46. The Bertz CT molecular complexity index is 547. The second kappa shape index (κ2) is 5.05. The van der Waals surface area contributed by atoms with E-state index in [1.807, 2.05) is 0 Å². The molecule has 100 valence electrons. The molecule has 5 nitrogen and oxygen atoms in total. The highest BCUT2D eigenvalue weighted by atomic mass is 35.5. The molecular formula is C11H15ClN2O3S. The largest absolute Gasteiger partial charge is 0.399 e. The SMILES string of the molecule is Nc1ccc(Cl)c(S(=O)(=O)N2CCCC2CO)c1. The summed E-state index contributed by atoms with van der Waals surface area (Å²) in [5, 5.41) is 9.35. The zero-order valence-electron chi connectivity index (χ0n) is 9.71. The molecule has 1 fully saturated rings. The number of nitrogens with two attached hydrogens (primary N) is 1. The predicted octanol–water partition coefficient (Wildman–Crippen LogP) is 1.07. The first kappa shape index (κ1) is 13.6. The average Bonchev–Trinajstić information content (AvgIpc) is 2.81. The molecule has 1 heterocycles. The summed E-state index contributed by atoms with van der Waals surface area (Å²) in [7, 11) is -3.69. The Morgan fingerprint density at radius 2 is 2.22 bits per heavy atom. The molecule has 0 bridgehead atoms. The summed E-state index contributed by atoms with van der Waals surface area (Å²) in [4.78, 5) is 0.00418. The molecule has 1 unspecified atom stereocenters. The van der Waals surface area contributed by atoms with Crippen LogP contribution in [0.3, 0.4) is 0 Å². The lowest BCUT2D eigenvalue weighted by atomic mass is 10.2. The van der Waals surface area contributed by atoms with Crippen LogP contribution in [0.25, 0.3) is 0 Å². The van der Waals surface area contributed by atoms with E-state index in [4.69, 9.17) is 17.3 Å². The molecule has 0 amide bonds. The third-order valence-electron chi connectivity index (χ3n) is 3.08. The number of nitrogen functional groups attached to an aromatic ring is 1. The zero-order chi connectivity index (χ0) is 13.3. The van der Waals surface area contributed by atoms with Crippen molar-refractivity contribution in [2.45, 2.75) is 23.8 Å². The van der Waals surface area contributed by atoms with Gasteiger partial charge in [-0.25, -0.2) is 8.42 Å². The standard InChI is InChI=1S/C11H15ClN2O3S/c12-10-4-3-8(13)6-11(10)18(16,17)14-5-1-2-9(14)7-15/h3-4,6,9,15H,1-2,5,7,13H2. The van der Waals surface area contributed by atoms with E-state index < -0.39 is 10.0 Å². The van der Waals surface area contributed by atoms with Gasteiger partial charge in [-0.3, -0.25) is 0 Å². The smallest absolute Gasteiger partial charge is 0.244 e. The highest BCUT2D eigenvalue weighted by molar-refractivity contribution is 7.89. The van der Waals surface area contributed by atoms with E-state index in [2.05, 4.69) is 0 Å². The van der Waals surface area contributed by atoms with Gasteiger partial charge >= 0.3 is 0 Å². The molecule has 0 spiro atoms. The van der Waals surface area contributed by atoms with Crippen molar-refractivity contribution in [3.8, 4) is 0 Å². The van der Waals surface area contributed by atoms with Crippen molar-refractivity contribution in [1.29, 1.82) is 0 Å². The molecule has 1 saturated heterocycles. The average molecular weight is 291 g/mol. The number of nitrogens with zero attached hydrogens (tertiary/aromatic N) is 1. The van der Waals surface area contributed by atoms with Gasteiger partial charge in [0.25, 0.3) is 0 Å². The fourth-order valence-corrected chi connectivity index (χ4v) is 4.35. The molecule has 0 aliphatic carbocycles. The first-order valence-electron chi connectivity index (χ1n) is 5.64. The second-order valence-corrected chi connectivity index (χ2v) is 6.55. The molecule has 1 aliphatic heterocycles. The Balaban J connectivity index is 2.45. The minimum Gasteiger partial charge on any atom is -0.399 e. The van der Waals surface area contributed by atoms with Gasteiger partial charge in [0.15, 0.2) is 0 Å². The summed E-state index contributed by atoms with van der Waals surface area (Å²) in [5.41, 5.74) is 5.94. The third-order valence-corrected chi connectivity index (χ3v) is 5.51. The van der Waals surface area contributed by atoms with Crippen LogP contribution in [0.1, 0.15) is 12.8 Å². The summed E-state index contributed by atoms with van der Waals surface area (Å²) < 4.78 is 26.2. The van der Waals surface area contributed by atoms with E-state index in [-0.39, 0.29) is 22.6 Å². The number of sulfonamides is 1. The van der Waals surface area contributed by atoms with Crippen LogP contribution < -0.4 is 5.73 Å². The summed E-state index contributed by atoms with van der Waals surface area (Å²) >= 11 is 5.93. The predicted molar refractivity (Wildman–Crippen MR) is 69.9 cm³/mol. The highest BCUT2D eigenvalue weighted by Gasteiger charge is 2.35. The first-order chi connectivity index (χ1) is 8.46. The number of aliphatic hydroxyl groups excluding tert-OH is 1. The number of rotatable bonds is 3. The van der Waals surface area contributed by atoms with Gasteiger partial charge in [0.2, 0.25) is 10.0 Å². The van der Waals surface area contributed by atoms with Crippen LogP contribution in [0, 0.1) is 0 Å². The summed E-state index contributed by atoms with van der Waals surface area (Å²) in [6.07, 6.45) is 1.40. The molecule has 0 radical (unpaired) electrons. The Labute approximate surface area is 111 Å². The molecule has 0 aromatic heterocycles. The van der Waals surface area contributed by atoms with Crippen molar-refractivity contribution in [3.63, 3.8) is 0 Å². The van der Waals surface area contributed by atoms with E-state index in [0.29, 0.717) is 18.7 Å². The van der Waals surface area contributed by atoms with Gasteiger partial charge < -0.3 is 10.8 Å². The van der Waals surface area contributed by atoms with E-state index in [1.165, 1.54) is 16.4 Å². The Hall–Kier alpha value is -0.820. The normalized spacial score (nSPS) is 21.3. The molecule has 1 aromatic carbocycles. The zero-order valence-corrected chi connectivity index (χ0v) is 11.3. The minimum atomic E-state index is -3.69. The van der Waals surface area contributed by atoms with Crippen LogP contribution in [0.15, 0.2) is 23.1 Å². The van der Waals surface area contributed by atoms with E-state index in [1.54, 1.807) is 6.07 Å². The minimum absolute atomic E-state index is 0.00418. The molecule has 3 N–H and O–H groups in total. The van der Waals surface area contributed by atoms with Gasteiger partial charge in [-0.1, -0.05) is 11.6 Å². The van der Waals surface area contributed by atoms with E-state index >= 15 is 0 Å². The molecule has 18 heavy (non-hydrogen) atoms. The molecule has 1 aromatic rings. The van der Waals surface area contributed by atoms with E-state index in [9.17, 15) is 13.5 Å². The topological polar surface area (TPSA) is 83.6 Å². The maximum Gasteiger partial charge on any atom is 0.244 e. The Morgan fingerprint density at radius 1 is 1.50 bits per heavy atom. The summed E-state index contributed by atoms with van der Waals surface area (Å²) in [5.74, 6) is 0. The number of anilines is 1. The number of aliphatic hydroxyl groups is 1. The third kappa shape index (κ3) is 2.33. The van der Waals surface area contributed by atoms with Gasteiger partial charge in [0.1, 0.15) is 4.90 Å². The highest BCUT2D eigenvalue weighted by Crippen LogP contribution is 2.31. The van der Waals surface area contributed by atoms with Crippen molar-refractivity contribution in [1.82, 2.24) is 4.31 Å². The van der Waals surface area contributed by atoms with Gasteiger partial charge in [-0.15, -0.1) is 0 Å².